The summed E-state index contributed by atoms with van der Waals surface area (Å²) >= 11 is 0. The van der Waals surface area contributed by atoms with Crippen molar-refractivity contribution in [1.82, 2.24) is 33.2 Å². The highest BCUT2D eigenvalue weighted by atomic mass is 32.2. The Labute approximate surface area is 365 Å². The van der Waals surface area contributed by atoms with Gasteiger partial charge in [0.2, 0.25) is 0 Å². The number of alkyl halides is 6. The van der Waals surface area contributed by atoms with Gasteiger partial charge in [-0.05, 0) is 67.1 Å². The van der Waals surface area contributed by atoms with Crippen LogP contribution in [0.1, 0.15) is 39.1 Å². The van der Waals surface area contributed by atoms with Crippen LogP contribution >= 0.6 is 0 Å². The highest BCUT2D eigenvalue weighted by molar-refractivity contribution is 7.91. The third-order valence-electron chi connectivity index (χ3n) is 11.0. The van der Waals surface area contributed by atoms with Gasteiger partial charge in [-0.15, -0.1) is 0 Å². The molecule has 0 unspecified atom stereocenters. The van der Waals surface area contributed by atoms with Crippen molar-refractivity contribution in [3.63, 3.8) is 0 Å². The fraction of sp³-hybridized carbons (Fsp3) is 0.286. The number of pyridine rings is 4. The van der Waals surface area contributed by atoms with E-state index in [1.165, 1.54) is 93.8 Å². The van der Waals surface area contributed by atoms with Crippen molar-refractivity contribution in [2.24, 2.45) is 14.1 Å². The minimum Gasteiger partial charge on any atom is -0.619 e. The maximum atomic E-state index is 13.5. The monoisotopic (exact) mass is 944 g/mol. The van der Waals surface area contributed by atoms with E-state index in [0.29, 0.717) is 35.4 Å². The van der Waals surface area contributed by atoms with Crippen LogP contribution in [0.4, 0.5) is 26.3 Å². The van der Waals surface area contributed by atoms with Gasteiger partial charge in [0.25, 0.3) is 11.1 Å². The van der Waals surface area contributed by atoms with Crippen LogP contribution in [0.2, 0.25) is 0 Å². The smallest absolute Gasteiger partial charge is 0.431 e. The second kappa shape index (κ2) is 16.4. The first-order valence-corrected chi connectivity index (χ1v) is 23.0. The number of benzene rings is 2. The lowest BCUT2D eigenvalue weighted by molar-refractivity contribution is -0.603. The summed E-state index contributed by atoms with van der Waals surface area (Å²) in [6, 6.07) is 10.7. The molecule has 6 heterocycles. The predicted molar refractivity (Wildman–Crippen MR) is 229 cm³/mol. The van der Waals surface area contributed by atoms with Crippen molar-refractivity contribution in [2.45, 2.75) is 62.9 Å². The standard InChI is InChI=1S/C21H19F3N4O4S.C21H19F3N4O3S/c1-4-28-17(21(22,23)24)10-15-18(20(28)29)26(3)19(25-15)14-8-12-6-7-27(30)11-13(12)9-16(14)33(31,32)5-2;1-4-28-17(21(22,23)24)10-15-18(20(28)29)27(3)19(26-15)14-8-12-6-7-25-11-13(12)9-16(14)32(30,31)5-2/h6-11H,4-5H2,1-3H3;6-11H,4-5H2,1-3H3. The van der Waals surface area contributed by atoms with Gasteiger partial charge in [0, 0.05) is 67.5 Å². The quantitative estimate of drug-likeness (QED) is 0.0891. The second-order valence-corrected chi connectivity index (χ2v) is 19.3. The summed E-state index contributed by atoms with van der Waals surface area (Å²) in [7, 11) is -4.61. The van der Waals surface area contributed by atoms with Gasteiger partial charge >= 0.3 is 12.4 Å². The zero-order valence-corrected chi connectivity index (χ0v) is 36.9. The minimum absolute atomic E-state index is 0.0224. The molecule has 0 aliphatic heterocycles. The Bertz CT molecular complexity index is 3600. The Morgan fingerprint density at radius 2 is 1.06 bits per heavy atom. The zero-order valence-electron chi connectivity index (χ0n) is 35.3. The molecule has 65 heavy (non-hydrogen) atoms. The van der Waals surface area contributed by atoms with Crippen molar-refractivity contribution in [3.8, 4) is 22.8 Å². The van der Waals surface area contributed by atoms with E-state index in [2.05, 4.69) is 15.0 Å². The largest absolute Gasteiger partial charge is 0.619 e. The Morgan fingerprint density at radius 1 is 0.631 bits per heavy atom. The summed E-state index contributed by atoms with van der Waals surface area (Å²) in [5.74, 6) is -0.321. The summed E-state index contributed by atoms with van der Waals surface area (Å²) in [6.07, 6.45) is -3.98. The van der Waals surface area contributed by atoms with Crippen LogP contribution in [-0.2, 0) is 59.2 Å². The Hall–Kier alpha value is -6.62. The Balaban J connectivity index is 0.000000194. The van der Waals surface area contributed by atoms with E-state index in [1.54, 1.807) is 18.3 Å². The van der Waals surface area contributed by atoms with Gasteiger partial charge in [0.15, 0.2) is 32.1 Å². The topological polar surface area (TPSA) is 188 Å². The molecule has 0 aliphatic rings. The molecular formula is C42H38F6N8O7S2. The number of imidazole rings is 2. The summed E-state index contributed by atoms with van der Waals surface area (Å²) in [4.78, 5) is 38.2. The van der Waals surface area contributed by atoms with Crippen LogP contribution in [0.5, 0.6) is 0 Å². The first kappa shape index (κ1) is 46.4. The van der Waals surface area contributed by atoms with Crippen molar-refractivity contribution in [1.29, 1.82) is 0 Å². The zero-order chi connectivity index (χ0) is 47.7. The minimum atomic E-state index is -4.77. The highest BCUT2D eigenvalue weighted by Gasteiger charge is 2.37. The van der Waals surface area contributed by atoms with Gasteiger partial charge in [-0.2, -0.15) is 31.1 Å². The van der Waals surface area contributed by atoms with Crippen LogP contribution in [0, 0.1) is 5.21 Å². The number of nitrogens with zero attached hydrogens (tertiary/aromatic N) is 8. The van der Waals surface area contributed by atoms with E-state index in [1.807, 2.05) is 0 Å². The molecule has 15 nitrogen and oxygen atoms in total. The molecule has 0 saturated heterocycles. The number of hydrogen-bond acceptors (Lipinski definition) is 10. The molecule has 0 atom stereocenters. The number of rotatable bonds is 8. The Morgan fingerprint density at radius 3 is 1.48 bits per heavy atom. The van der Waals surface area contributed by atoms with Crippen molar-refractivity contribution >= 4 is 63.3 Å². The number of aromatic nitrogens is 8. The molecule has 2 aromatic carbocycles. The van der Waals surface area contributed by atoms with Gasteiger partial charge in [-0.25, -0.2) is 26.8 Å². The van der Waals surface area contributed by atoms with Crippen LogP contribution in [0.3, 0.4) is 0 Å². The normalized spacial score (nSPS) is 12.7. The van der Waals surface area contributed by atoms with Gasteiger partial charge < -0.3 is 23.5 Å². The van der Waals surface area contributed by atoms with Crippen LogP contribution < -0.4 is 15.8 Å². The second-order valence-electron chi connectivity index (χ2n) is 14.8. The predicted octanol–water partition coefficient (Wildman–Crippen LogP) is 6.80. The molecule has 0 N–H and O–H groups in total. The maximum Gasteiger partial charge on any atom is 0.431 e. The first-order valence-electron chi connectivity index (χ1n) is 19.7. The van der Waals surface area contributed by atoms with Crippen molar-refractivity contribution in [3.05, 3.63) is 111 Å². The van der Waals surface area contributed by atoms with E-state index in [4.69, 9.17) is 0 Å². The third-order valence-corrected chi connectivity index (χ3v) is 14.5. The average molecular weight is 945 g/mol. The molecule has 0 amide bonds. The summed E-state index contributed by atoms with van der Waals surface area (Å²) < 4.78 is 137. The molecule has 0 aliphatic carbocycles. The number of hydrogen-bond donors (Lipinski definition) is 0. The van der Waals surface area contributed by atoms with Gasteiger partial charge in [0.1, 0.15) is 34.1 Å². The molecule has 6 aromatic heterocycles. The molecule has 342 valence electrons. The van der Waals surface area contributed by atoms with Gasteiger partial charge in [-0.1, -0.05) is 13.8 Å². The molecule has 23 heteroatoms. The lowest BCUT2D eigenvalue weighted by atomic mass is 10.1. The Kier molecular flexibility index (Phi) is 11.7. The summed E-state index contributed by atoms with van der Waals surface area (Å²) in [5.41, 5.74) is -4.09. The fourth-order valence-corrected chi connectivity index (χ4v) is 9.91. The lowest BCUT2D eigenvalue weighted by Crippen LogP contribution is -2.28. The lowest BCUT2D eigenvalue weighted by Gasteiger charge is -2.14. The molecule has 8 aromatic rings. The van der Waals surface area contributed by atoms with Crippen LogP contribution in [0.25, 0.3) is 66.4 Å². The molecular weight excluding hydrogens is 907 g/mol. The van der Waals surface area contributed by atoms with E-state index in [9.17, 15) is 58.0 Å². The molecule has 0 radical (unpaired) electrons. The van der Waals surface area contributed by atoms with E-state index in [0.717, 1.165) is 12.1 Å². The van der Waals surface area contributed by atoms with E-state index in [-0.39, 0.29) is 79.2 Å². The molecule has 0 bridgehead atoms. The third kappa shape index (κ3) is 8.10. The number of sulfone groups is 2. The first-order chi connectivity index (χ1) is 30.4. The van der Waals surface area contributed by atoms with Crippen molar-refractivity contribution in [2.75, 3.05) is 11.5 Å². The van der Waals surface area contributed by atoms with Crippen molar-refractivity contribution < 1.29 is 47.9 Å². The number of halogens is 6. The molecule has 8 rings (SSSR count). The summed E-state index contributed by atoms with van der Waals surface area (Å²) in [5, 5.41) is 13.8. The van der Waals surface area contributed by atoms with Gasteiger partial charge in [-0.3, -0.25) is 14.6 Å². The van der Waals surface area contributed by atoms with E-state index >= 15 is 0 Å². The van der Waals surface area contributed by atoms with E-state index < -0.39 is 54.5 Å². The average Bonchev–Trinajstić information content (AvgIpc) is 3.77. The number of fused-ring (bicyclic) bond motifs is 4. The molecule has 0 saturated carbocycles. The number of aryl methyl sites for hydroxylation is 2. The van der Waals surface area contributed by atoms with Crippen LogP contribution in [-0.4, -0.2) is 61.6 Å². The highest BCUT2D eigenvalue weighted by Crippen LogP contribution is 2.37. The van der Waals surface area contributed by atoms with Gasteiger partial charge in [0.05, 0.1) is 32.3 Å². The SMILES string of the molecule is CCn1c(C(F)(F)F)cc2nc(-c3cc4cc[n+]([O-])cc4cc3S(=O)(=O)CC)n(C)c2c1=O.CCn1c(C(F)(F)F)cc2nc(-c3cc4ccncc4cc3S(=O)(=O)CC)n(C)c2c1=O. The molecule has 0 spiro atoms. The fourth-order valence-electron chi connectivity index (χ4n) is 7.71. The van der Waals surface area contributed by atoms with Crippen LogP contribution in [0.15, 0.2) is 92.7 Å². The summed E-state index contributed by atoms with van der Waals surface area (Å²) in [6.45, 7) is 5.44. The molecule has 0 fully saturated rings. The maximum absolute atomic E-state index is 13.5.